The third-order valence-electron chi connectivity index (χ3n) is 3.77. The van der Waals surface area contributed by atoms with Gasteiger partial charge in [-0.3, -0.25) is 0 Å². The third-order valence-corrected chi connectivity index (χ3v) is 5.19. The number of halogens is 1. The van der Waals surface area contributed by atoms with E-state index in [0.29, 0.717) is 3.42 Å². The van der Waals surface area contributed by atoms with Gasteiger partial charge in [0.2, 0.25) is 0 Å². The number of hydrogen-bond acceptors (Lipinski definition) is 2. The molecule has 0 atom stereocenters. The maximum atomic E-state index is 2.71. The molecule has 0 saturated carbocycles. The summed E-state index contributed by atoms with van der Waals surface area (Å²) >= 11 is 2.71. The molecule has 0 radical (unpaired) electrons. The van der Waals surface area contributed by atoms with E-state index in [9.17, 15) is 0 Å². The van der Waals surface area contributed by atoms with Gasteiger partial charge in [0.1, 0.15) is 0 Å². The average Bonchev–Trinajstić information content (AvgIpc) is 2.25. The maximum Gasteiger partial charge on any atom is 0.0388 e. The molecule has 15 heavy (non-hydrogen) atoms. The summed E-state index contributed by atoms with van der Waals surface area (Å²) in [5.74, 6) is 0. The average molecular weight is 322 g/mol. The van der Waals surface area contributed by atoms with Gasteiger partial charge in [0.25, 0.3) is 0 Å². The Bertz CT molecular complexity index is 200. The predicted octanol–water partition coefficient (Wildman–Crippen LogP) is 3.07. The van der Waals surface area contributed by atoms with Crippen LogP contribution in [-0.4, -0.2) is 39.6 Å². The zero-order valence-electron chi connectivity index (χ0n) is 9.84. The van der Waals surface area contributed by atoms with E-state index in [2.05, 4.69) is 39.5 Å². The smallest absolute Gasteiger partial charge is 0.0388 e. The van der Waals surface area contributed by atoms with Crippen LogP contribution in [0.25, 0.3) is 0 Å². The molecule has 0 amide bonds. The number of unbranched alkanes of at least 4 members (excludes halogenated alkanes) is 3. The largest absolute Gasteiger partial charge is 0.242 e. The van der Waals surface area contributed by atoms with E-state index < -0.39 is 0 Å². The van der Waals surface area contributed by atoms with Crippen LogP contribution in [0, 0.1) is 0 Å². The van der Waals surface area contributed by atoms with Crippen LogP contribution < -0.4 is 0 Å². The summed E-state index contributed by atoms with van der Waals surface area (Å²) in [6, 6.07) is 0. The Morgan fingerprint density at radius 1 is 1.13 bits per heavy atom. The first-order valence-corrected chi connectivity index (χ1v) is 7.50. The zero-order valence-corrected chi connectivity index (χ0v) is 12.0. The van der Waals surface area contributed by atoms with Gasteiger partial charge in [-0.25, -0.2) is 10.0 Å². The first-order chi connectivity index (χ1) is 7.23. The van der Waals surface area contributed by atoms with Gasteiger partial charge in [0.05, 0.1) is 0 Å². The molecule has 0 aliphatic carbocycles. The topological polar surface area (TPSA) is 6.48 Å². The van der Waals surface area contributed by atoms with E-state index in [0.717, 1.165) is 0 Å². The first kappa shape index (κ1) is 12.1. The molecule has 3 rings (SSSR count). The fraction of sp³-hybridized carbons (Fsp3) is 1.00. The molecule has 88 valence electrons. The SMILES string of the molecule is CCCCCCN1CC2(I)CCN1CC2. The quantitative estimate of drug-likeness (QED) is 0.436. The fourth-order valence-electron chi connectivity index (χ4n) is 2.71. The van der Waals surface area contributed by atoms with Gasteiger partial charge < -0.3 is 0 Å². The van der Waals surface area contributed by atoms with E-state index in [4.69, 9.17) is 0 Å². The Morgan fingerprint density at radius 3 is 2.47 bits per heavy atom. The summed E-state index contributed by atoms with van der Waals surface area (Å²) in [5, 5.41) is 5.21. The summed E-state index contributed by atoms with van der Waals surface area (Å²) in [5.41, 5.74) is 0. The van der Waals surface area contributed by atoms with E-state index in [1.165, 1.54) is 64.7 Å². The van der Waals surface area contributed by atoms with Crippen LogP contribution in [0.15, 0.2) is 0 Å². The number of fused-ring (bicyclic) bond motifs is 3. The second-order valence-corrected chi connectivity index (χ2v) is 7.34. The summed E-state index contributed by atoms with van der Waals surface area (Å²) in [4.78, 5) is 0. The number of alkyl halides is 1. The molecule has 3 fully saturated rings. The highest BCUT2D eigenvalue weighted by atomic mass is 127. The highest BCUT2D eigenvalue weighted by Crippen LogP contribution is 2.38. The van der Waals surface area contributed by atoms with Crippen LogP contribution in [0.3, 0.4) is 0 Å². The van der Waals surface area contributed by atoms with Crippen LogP contribution in [0.4, 0.5) is 0 Å². The van der Waals surface area contributed by atoms with Crippen LogP contribution in [0.1, 0.15) is 45.4 Å². The molecule has 3 saturated heterocycles. The molecule has 0 aromatic heterocycles. The van der Waals surface area contributed by atoms with E-state index in [1.807, 2.05) is 0 Å². The van der Waals surface area contributed by atoms with Crippen molar-refractivity contribution in [1.29, 1.82) is 0 Å². The number of nitrogens with zero attached hydrogens (tertiary/aromatic N) is 2. The highest BCUT2D eigenvalue weighted by molar-refractivity contribution is 14.1. The number of rotatable bonds is 5. The maximum absolute atomic E-state index is 2.71. The van der Waals surface area contributed by atoms with Crippen molar-refractivity contribution in [1.82, 2.24) is 10.0 Å². The molecule has 2 bridgehead atoms. The van der Waals surface area contributed by atoms with Gasteiger partial charge >= 0.3 is 0 Å². The van der Waals surface area contributed by atoms with Gasteiger partial charge in [-0.2, -0.15) is 0 Å². The lowest BCUT2D eigenvalue weighted by Crippen LogP contribution is -2.61. The van der Waals surface area contributed by atoms with Crippen molar-refractivity contribution in [2.45, 2.75) is 48.9 Å². The van der Waals surface area contributed by atoms with Gasteiger partial charge in [-0.15, -0.1) is 0 Å². The Balaban J connectivity index is 1.74. The molecule has 0 aromatic carbocycles. The van der Waals surface area contributed by atoms with Crippen LogP contribution in [0.5, 0.6) is 0 Å². The van der Waals surface area contributed by atoms with Crippen LogP contribution in [0.2, 0.25) is 0 Å². The molecule has 0 unspecified atom stereocenters. The Labute approximate surface area is 107 Å². The number of hydrogen-bond donors (Lipinski definition) is 0. The minimum atomic E-state index is 0.608. The minimum absolute atomic E-state index is 0.608. The summed E-state index contributed by atoms with van der Waals surface area (Å²) < 4.78 is 0.608. The lowest BCUT2D eigenvalue weighted by Gasteiger charge is -2.52. The van der Waals surface area contributed by atoms with E-state index in [1.54, 1.807) is 0 Å². The predicted molar refractivity (Wildman–Crippen MR) is 73.3 cm³/mol. The molecule has 3 aliphatic rings. The number of hydrazine groups is 1. The van der Waals surface area contributed by atoms with Crippen molar-refractivity contribution >= 4 is 22.6 Å². The lowest BCUT2D eigenvalue weighted by molar-refractivity contribution is -0.0957. The summed E-state index contributed by atoms with van der Waals surface area (Å²) in [7, 11) is 0. The van der Waals surface area contributed by atoms with Crippen molar-refractivity contribution in [2.75, 3.05) is 26.2 Å². The second kappa shape index (κ2) is 5.32. The Kier molecular flexibility index (Phi) is 4.30. The zero-order chi connectivity index (χ0) is 10.7. The normalized spacial score (nSPS) is 36.0. The van der Waals surface area contributed by atoms with E-state index in [-0.39, 0.29) is 0 Å². The van der Waals surface area contributed by atoms with Gasteiger partial charge in [-0.05, 0) is 19.3 Å². The van der Waals surface area contributed by atoms with Crippen LogP contribution >= 0.6 is 22.6 Å². The van der Waals surface area contributed by atoms with Crippen LogP contribution in [-0.2, 0) is 0 Å². The standard InChI is InChI=1S/C12H23IN2/c1-2-3-4-5-8-15-11-12(13)6-9-14(15)10-7-12/h2-11H2,1H3. The third kappa shape index (κ3) is 3.07. The monoisotopic (exact) mass is 322 g/mol. The molecule has 3 heteroatoms. The molecule has 3 aliphatic heterocycles. The summed E-state index contributed by atoms with van der Waals surface area (Å²) in [6.07, 6.45) is 8.35. The van der Waals surface area contributed by atoms with Crippen molar-refractivity contribution < 1.29 is 0 Å². The van der Waals surface area contributed by atoms with E-state index >= 15 is 0 Å². The summed E-state index contributed by atoms with van der Waals surface area (Å²) in [6.45, 7) is 7.49. The fourth-order valence-corrected chi connectivity index (χ4v) is 3.58. The molecule has 2 nitrogen and oxygen atoms in total. The molecular weight excluding hydrogens is 299 g/mol. The molecule has 0 N–H and O–H groups in total. The highest BCUT2D eigenvalue weighted by Gasteiger charge is 2.41. The minimum Gasteiger partial charge on any atom is -0.242 e. The van der Waals surface area contributed by atoms with Crippen molar-refractivity contribution in [2.24, 2.45) is 0 Å². The molecular formula is C12H23IN2. The van der Waals surface area contributed by atoms with Crippen molar-refractivity contribution in [3.8, 4) is 0 Å². The van der Waals surface area contributed by atoms with Gasteiger partial charge in [0.15, 0.2) is 0 Å². The number of piperidine rings is 1. The second-order valence-electron chi connectivity index (χ2n) is 5.05. The molecule has 0 spiro atoms. The Morgan fingerprint density at radius 2 is 1.87 bits per heavy atom. The van der Waals surface area contributed by atoms with Crippen molar-refractivity contribution in [3.05, 3.63) is 0 Å². The van der Waals surface area contributed by atoms with Gasteiger partial charge in [0, 0.05) is 29.6 Å². The first-order valence-electron chi connectivity index (χ1n) is 6.42. The van der Waals surface area contributed by atoms with Crippen molar-refractivity contribution in [3.63, 3.8) is 0 Å². The molecule has 3 heterocycles. The van der Waals surface area contributed by atoms with Gasteiger partial charge in [-0.1, -0.05) is 48.8 Å². The lowest BCUT2D eigenvalue weighted by atomic mass is 9.94. The Hall–Kier alpha value is 0.650. The molecule has 0 aromatic rings.